The lowest BCUT2D eigenvalue weighted by Crippen LogP contribution is -2.45. The molecule has 4 heteroatoms. The molecule has 4 nitrogen and oxygen atoms in total. The van der Waals surface area contributed by atoms with Gasteiger partial charge in [0.25, 0.3) is 0 Å². The van der Waals surface area contributed by atoms with Gasteiger partial charge in [-0.25, -0.2) is 4.79 Å². The fraction of sp³-hybridized carbons (Fsp3) is 0.900. The van der Waals surface area contributed by atoms with Crippen LogP contribution in [0.4, 0.5) is 4.79 Å². The Morgan fingerprint density at radius 1 is 1.29 bits per heavy atom. The van der Waals surface area contributed by atoms with Gasteiger partial charge >= 0.3 is 6.09 Å². The average molecular weight is 199 g/mol. The average Bonchev–Trinajstić information content (AvgIpc) is 2.39. The Kier molecular flexibility index (Phi) is 2.63. The number of carbonyl (C=O) groups is 1. The van der Waals surface area contributed by atoms with E-state index in [0.717, 1.165) is 32.1 Å². The van der Waals surface area contributed by atoms with E-state index in [9.17, 15) is 4.79 Å². The first-order valence-electron chi connectivity index (χ1n) is 5.34. The van der Waals surface area contributed by atoms with Gasteiger partial charge in [0.2, 0.25) is 0 Å². The standard InChI is InChI=1S/C10H17NO3/c12-4-3-7-5-8-1-2-9(6-7)11(8)10(13)14/h7-9,12H,1-6H2,(H,13,14)/t8-,9-/m1/s1. The molecule has 2 heterocycles. The second-order valence-electron chi connectivity index (χ2n) is 4.42. The summed E-state index contributed by atoms with van der Waals surface area (Å²) in [6.07, 6.45) is 3.99. The Morgan fingerprint density at radius 2 is 1.86 bits per heavy atom. The molecule has 0 spiro atoms. The van der Waals surface area contributed by atoms with Crippen LogP contribution in [0, 0.1) is 5.92 Å². The topological polar surface area (TPSA) is 60.8 Å². The summed E-state index contributed by atoms with van der Waals surface area (Å²) in [5.74, 6) is 0.535. The number of amides is 1. The minimum absolute atomic E-state index is 0.225. The number of carboxylic acid groups (broad SMARTS) is 1. The van der Waals surface area contributed by atoms with Crippen LogP contribution in [0.25, 0.3) is 0 Å². The van der Waals surface area contributed by atoms with Gasteiger partial charge < -0.3 is 15.1 Å². The summed E-state index contributed by atoms with van der Waals surface area (Å²) in [6.45, 7) is 0.233. The number of aliphatic hydroxyl groups excluding tert-OH is 1. The molecule has 2 saturated heterocycles. The van der Waals surface area contributed by atoms with Gasteiger partial charge in [-0.2, -0.15) is 0 Å². The van der Waals surface area contributed by atoms with Gasteiger partial charge in [0.1, 0.15) is 0 Å². The van der Waals surface area contributed by atoms with E-state index in [-0.39, 0.29) is 18.7 Å². The van der Waals surface area contributed by atoms with Crippen molar-refractivity contribution in [2.75, 3.05) is 6.61 Å². The van der Waals surface area contributed by atoms with Gasteiger partial charge in [-0.05, 0) is 38.0 Å². The van der Waals surface area contributed by atoms with E-state index in [1.54, 1.807) is 4.90 Å². The lowest BCUT2D eigenvalue weighted by Gasteiger charge is -2.36. The Balaban J connectivity index is 2.01. The van der Waals surface area contributed by atoms with Crippen LogP contribution < -0.4 is 0 Å². The van der Waals surface area contributed by atoms with Crippen molar-refractivity contribution in [1.82, 2.24) is 4.90 Å². The van der Waals surface area contributed by atoms with Gasteiger partial charge in [0.15, 0.2) is 0 Å². The number of aliphatic hydroxyl groups is 1. The molecule has 0 saturated carbocycles. The molecule has 0 radical (unpaired) electrons. The Hall–Kier alpha value is -0.770. The zero-order valence-electron chi connectivity index (χ0n) is 8.22. The summed E-state index contributed by atoms with van der Waals surface area (Å²) in [5.41, 5.74) is 0. The molecule has 2 N–H and O–H groups in total. The molecular weight excluding hydrogens is 182 g/mol. The molecule has 0 aromatic carbocycles. The Labute approximate surface area is 83.5 Å². The third-order valence-corrected chi connectivity index (χ3v) is 3.59. The first-order valence-corrected chi connectivity index (χ1v) is 5.34. The lowest BCUT2D eigenvalue weighted by molar-refractivity contribution is 0.0785. The highest BCUT2D eigenvalue weighted by Crippen LogP contribution is 2.39. The van der Waals surface area contributed by atoms with Crippen LogP contribution >= 0.6 is 0 Å². The maximum Gasteiger partial charge on any atom is 0.407 e. The van der Waals surface area contributed by atoms with Crippen LogP contribution in [0.5, 0.6) is 0 Å². The molecule has 1 amide bonds. The predicted octanol–water partition coefficient (Wildman–Crippen LogP) is 1.29. The highest BCUT2D eigenvalue weighted by molar-refractivity contribution is 5.66. The van der Waals surface area contributed by atoms with E-state index in [0.29, 0.717) is 5.92 Å². The molecule has 2 rings (SSSR count). The quantitative estimate of drug-likeness (QED) is 0.704. The van der Waals surface area contributed by atoms with E-state index in [1.807, 2.05) is 0 Å². The third kappa shape index (κ3) is 1.59. The summed E-state index contributed by atoms with van der Waals surface area (Å²) < 4.78 is 0. The van der Waals surface area contributed by atoms with Crippen molar-refractivity contribution in [3.05, 3.63) is 0 Å². The van der Waals surface area contributed by atoms with Crippen molar-refractivity contribution in [1.29, 1.82) is 0 Å². The zero-order valence-corrected chi connectivity index (χ0v) is 8.22. The fourth-order valence-corrected chi connectivity index (χ4v) is 3.02. The molecule has 0 unspecified atom stereocenters. The molecule has 2 aliphatic rings. The number of nitrogens with zero attached hydrogens (tertiary/aromatic N) is 1. The second kappa shape index (κ2) is 3.77. The van der Waals surface area contributed by atoms with Crippen molar-refractivity contribution in [3.63, 3.8) is 0 Å². The van der Waals surface area contributed by atoms with Gasteiger partial charge in [0.05, 0.1) is 0 Å². The molecule has 0 aromatic rings. The van der Waals surface area contributed by atoms with Crippen molar-refractivity contribution < 1.29 is 15.0 Å². The molecular formula is C10H17NO3. The maximum absolute atomic E-state index is 11.0. The first-order chi connectivity index (χ1) is 6.72. The van der Waals surface area contributed by atoms with Crippen LogP contribution in [0.3, 0.4) is 0 Å². The van der Waals surface area contributed by atoms with Gasteiger partial charge in [0, 0.05) is 18.7 Å². The number of fused-ring (bicyclic) bond motifs is 2. The van der Waals surface area contributed by atoms with Crippen molar-refractivity contribution >= 4 is 6.09 Å². The Bertz CT molecular complexity index is 217. The minimum atomic E-state index is -0.764. The lowest BCUT2D eigenvalue weighted by atomic mass is 9.89. The van der Waals surface area contributed by atoms with E-state index in [4.69, 9.17) is 10.2 Å². The van der Waals surface area contributed by atoms with Crippen molar-refractivity contribution in [2.45, 2.75) is 44.2 Å². The molecule has 2 aliphatic heterocycles. The van der Waals surface area contributed by atoms with E-state index in [2.05, 4.69) is 0 Å². The normalized spacial score (nSPS) is 36.1. The highest BCUT2D eigenvalue weighted by atomic mass is 16.4. The minimum Gasteiger partial charge on any atom is -0.465 e. The largest absolute Gasteiger partial charge is 0.465 e. The van der Waals surface area contributed by atoms with E-state index < -0.39 is 6.09 Å². The smallest absolute Gasteiger partial charge is 0.407 e. The number of hydrogen-bond donors (Lipinski definition) is 2. The number of hydrogen-bond acceptors (Lipinski definition) is 2. The molecule has 2 atom stereocenters. The van der Waals surface area contributed by atoms with Crippen LogP contribution in [0.1, 0.15) is 32.1 Å². The summed E-state index contributed by atoms with van der Waals surface area (Å²) in [4.78, 5) is 12.6. The monoisotopic (exact) mass is 199 g/mol. The van der Waals surface area contributed by atoms with E-state index >= 15 is 0 Å². The zero-order chi connectivity index (χ0) is 10.1. The molecule has 0 aromatic heterocycles. The molecule has 80 valence electrons. The summed E-state index contributed by atoms with van der Waals surface area (Å²) in [6, 6.07) is 0.450. The molecule has 2 fully saturated rings. The molecule has 14 heavy (non-hydrogen) atoms. The van der Waals surface area contributed by atoms with Crippen LogP contribution in [0.2, 0.25) is 0 Å². The van der Waals surface area contributed by atoms with Gasteiger partial charge in [-0.15, -0.1) is 0 Å². The summed E-state index contributed by atoms with van der Waals surface area (Å²) in [7, 11) is 0. The molecule has 2 bridgehead atoms. The number of piperidine rings is 1. The van der Waals surface area contributed by atoms with Gasteiger partial charge in [-0.1, -0.05) is 0 Å². The second-order valence-corrected chi connectivity index (χ2v) is 4.42. The molecule has 0 aliphatic carbocycles. The van der Waals surface area contributed by atoms with Crippen molar-refractivity contribution in [2.24, 2.45) is 5.92 Å². The fourth-order valence-electron chi connectivity index (χ4n) is 3.02. The van der Waals surface area contributed by atoms with Crippen molar-refractivity contribution in [3.8, 4) is 0 Å². The summed E-state index contributed by atoms with van der Waals surface area (Å²) in [5, 5.41) is 17.9. The Morgan fingerprint density at radius 3 is 2.29 bits per heavy atom. The van der Waals surface area contributed by atoms with Crippen LogP contribution in [-0.2, 0) is 0 Å². The highest BCUT2D eigenvalue weighted by Gasteiger charge is 2.42. The summed E-state index contributed by atoms with van der Waals surface area (Å²) >= 11 is 0. The first kappa shape index (κ1) is 9.77. The van der Waals surface area contributed by atoms with Crippen LogP contribution in [0.15, 0.2) is 0 Å². The number of rotatable bonds is 2. The van der Waals surface area contributed by atoms with Crippen LogP contribution in [-0.4, -0.2) is 39.9 Å². The van der Waals surface area contributed by atoms with E-state index in [1.165, 1.54) is 0 Å². The third-order valence-electron chi connectivity index (χ3n) is 3.59. The SMILES string of the molecule is O=C(O)N1[C@@H]2CC[C@@H]1CC(CCO)C2. The predicted molar refractivity (Wildman–Crippen MR) is 51.1 cm³/mol. The maximum atomic E-state index is 11.0. The van der Waals surface area contributed by atoms with Gasteiger partial charge in [-0.3, -0.25) is 0 Å².